The smallest absolute Gasteiger partial charge is 0.254 e. The predicted molar refractivity (Wildman–Crippen MR) is 430 cm³/mol. The van der Waals surface area contributed by atoms with Crippen molar-refractivity contribution in [3.8, 4) is 5.75 Å². The van der Waals surface area contributed by atoms with Crippen molar-refractivity contribution < 1.29 is 62.3 Å². The van der Waals surface area contributed by atoms with Crippen molar-refractivity contribution in [1.29, 1.82) is 0 Å². The van der Waals surface area contributed by atoms with Crippen LogP contribution in [0.5, 0.6) is 5.75 Å². The van der Waals surface area contributed by atoms with Gasteiger partial charge in [0, 0.05) is 144 Å². The number of Topliss-reactive ketones (excluding diaryl/α,β-unsaturated/α-hetero) is 1. The second-order valence-corrected chi connectivity index (χ2v) is 31.6. The number of fused-ring (bicyclic) bond motifs is 2. The van der Waals surface area contributed by atoms with Gasteiger partial charge in [0.25, 0.3) is 11.8 Å². The van der Waals surface area contributed by atoms with Crippen LogP contribution in [-0.2, 0) is 83.2 Å². The van der Waals surface area contributed by atoms with Crippen LogP contribution in [0.4, 0.5) is 0 Å². The Kier molecular flexibility index (Phi) is 32.7. The van der Waals surface area contributed by atoms with Gasteiger partial charge in [0.2, 0.25) is 53.2 Å². The summed E-state index contributed by atoms with van der Waals surface area (Å²) < 4.78 is 6.12. The summed E-state index contributed by atoms with van der Waals surface area (Å²) in [6, 6.07) is 23.3. The largest absolute Gasteiger partial charge is 0.488 e. The third-order valence-electron chi connectivity index (χ3n) is 20.5. The molecule has 8 rings (SSSR count). The van der Waals surface area contributed by atoms with E-state index < -0.39 is 138 Å². The highest BCUT2D eigenvalue weighted by molar-refractivity contribution is 6.30. The molecule has 28 heteroatoms. The van der Waals surface area contributed by atoms with Gasteiger partial charge >= 0.3 is 0 Å². The van der Waals surface area contributed by atoms with Gasteiger partial charge in [-0.3, -0.25) is 62.9 Å². The summed E-state index contributed by atoms with van der Waals surface area (Å²) in [7, 11) is 5.83. The number of ketones is 1. The summed E-state index contributed by atoms with van der Waals surface area (Å²) in [6.07, 6.45) is 8.03. The molecule has 6 aromatic rings. The summed E-state index contributed by atoms with van der Waals surface area (Å²) in [5, 5.41) is 20.1. The van der Waals surface area contributed by atoms with Gasteiger partial charge in [0.05, 0.1) is 44.1 Å². The minimum Gasteiger partial charge on any atom is -0.488 e. The van der Waals surface area contributed by atoms with Crippen LogP contribution in [0.3, 0.4) is 0 Å². The Morgan fingerprint density at radius 1 is 0.598 bits per heavy atom. The van der Waals surface area contributed by atoms with E-state index in [0.717, 1.165) is 56.2 Å². The number of H-pyrrole nitrogens is 2. The first-order valence-electron chi connectivity index (χ1n) is 39.3. The summed E-state index contributed by atoms with van der Waals surface area (Å²) in [6.45, 7) is 11.5. The lowest BCUT2D eigenvalue weighted by molar-refractivity contribution is -0.149. The number of likely N-dealkylation sites (N-methyl/N-ethyl adjacent to an activating group) is 4. The number of unbranched alkanes of at least 4 members (excludes halogenated alkanes) is 1. The lowest BCUT2D eigenvalue weighted by Crippen LogP contribution is -2.59. The molecule has 8 atom stereocenters. The van der Waals surface area contributed by atoms with E-state index in [0.29, 0.717) is 61.5 Å². The number of amides is 11. The molecule has 2 aliphatic rings. The van der Waals surface area contributed by atoms with Crippen molar-refractivity contribution >= 4 is 104 Å². The van der Waals surface area contributed by atoms with Crippen molar-refractivity contribution in [1.82, 2.24) is 71.3 Å². The zero-order valence-electron chi connectivity index (χ0n) is 66.9. The molecule has 2 saturated heterocycles. The zero-order chi connectivity index (χ0) is 81.3. The van der Waals surface area contributed by atoms with Crippen LogP contribution in [-0.4, -0.2) is 239 Å². The molecular weight excluding hydrogens is 1450 g/mol. The summed E-state index contributed by atoms with van der Waals surface area (Å²) in [5.41, 5.74) is 4.21. The second-order valence-electron chi connectivity index (χ2n) is 31.2. The molecule has 2 aromatic heterocycles. The number of benzene rings is 4. The minimum atomic E-state index is -1.72. The number of nitrogens with zero attached hydrogens (tertiary/aromatic N) is 6. The van der Waals surface area contributed by atoms with Gasteiger partial charge in [-0.25, -0.2) is 0 Å². The van der Waals surface area contributed by atoms with Gasteiger partial charge in [-0.2, -0.15) is 0 Å². The van der Waals surface area contributed by atoms with Gasteiger partial charge in [0.15, 0.2) is 6.04 Å². The molecule has 11 amide bonds. The highest BCUT2D eigenvalue weighted by Crippen LogP contribution is 2.26. The van der Waals surface area contributed by atoms with E-state index in [4.69, 9.17) is 16.3 Å². The normalized spacial score (nSPS) is 22.5. The molecule has 4 heterocycles. The fourth-order valence-electron chi connectivity index (χ4n) is 14.4. The molecule has 2 aliphatic heterocycles. The molecule has 112 heavy (non-hydrogen) atoms. The van der Waals surface area contributed by atoms with E-state index in [2.05, 4.69) is 41.9 Å². The number of hydrogen-bond acceptors (Lipinski definition) is 14. The van der Waals surface area contributed by atoms with Crippen LogP contribution in [0.15, 0.2) is 109 Å². The number of carbonyl (C=O) groups is 12. The van der Waals surface area contributed by atoms with Gasteiger partial charge in [-0.1, -0.05) is 106 Å². The lowest BCUT2D eigenvalue weighted by Gasteiger charge is -2.34. The fourth-order valence-corrected chi connectivity index (χ4v) is 14.6. The average Bonchev–Trinajstić information content (AvgIpc) is 1.27. The van der Waals surface area contributed by atoms with E-state index >= 15 is 4.79 Å². The average molecular weight is 1560 g/mol. The van der Waals surface area contributed by atoms with Gasteiger partial charge in [-0.15, -0.1) is 0 Å². The molecule has 0 radical (unpaired) electrons. The Balaban J connectivity index is 1.10. The van der Waals surface area contributed by atoms with Crippen molar-refractivity contribution in [3.05, 3.63) is 137 Å². The Labute approximate surface area is 662 Å². The molecular formula is C84H115ClN14O13. The minimum absolute atomic E-state index is 0.0397. The maximum atomic E-state index is 15.2. The number of likely N-dealkylation sites (tertiary alicyclic amines) is 1. The SMILES string of the molecule is CCCC[C@@H]1NCC(=O)C[C@H](Cc2c[nH]c3ccccc23)NC(=O)CC[C@H](C)NC(=O)[C@@H](C(=O)N2CCCCC2)NC(=O)CN(CCC)C(=O)CN(C)C(=O)C(Cc2cccc(Cl)c2)N(C)C(=O)[C@H](C)CN(C)C(=O)CN(C)C(=O)C[C@@H](Cc2ccc(OC(C)(C)C)cc2)NC(=O)[C@H](Cc2c[nH]c3ccccc23)CNC1=O. The van der Waals surface area contributed by atoms with Crippen LogP contribution in [0.2, 0.25) is 5.02 Å². The van der Waals surface area contributed by atoms with Gasteiger partial charge < -0.3 is 70.7 Å². The van der Waals surface area contributed by atoms with Crippen molar-refractivity contribution in [2.75, 3.05) is 87.1 Å². The van der Waals surface area contributed by atoms with Crippen LogP contribution < -0.4 is 36.6 Å². The molecule has 8 N–H and O–H groups in total. The molecule has 0 saturated carbocycles. The molecule has 606 valence electrons. The first-order chi connectivity index (χ1) is 53.4. The lowest BCUT2D eigenvalue weighted by atomic mass is 9.95. The molecule has 0 spiro atoms. The monoisotopic (exact) mass is 1560 g/mol. The molecule has 1 unspecified atom stereocenters. The maximum absolute atomic E-state index is 15.2. The third-order valence-corrected chi connectivity index (χ3v) is 20.8. The van der Waals surface area contributed by atoms with Gasteiger partial charge in [0.1, 0.15) is 23.2 Å². The first kappa shape index (κ1) is 87.4. The number of piperidine rings is 1. The summed E-state index contributed by atoms with van der Waals surface area (Å²) in [4.78, 5) is 189. The number of hydrogen-bond donors (Lipinski definition) is 8. The van der Waals surface area contributed by atoms with E-state index in [1.165, 1.54) is 52.7 Å². The van der Waals surface area contributed by atoms with E-state index in [-0.39, 0.29) is 83.3 Å². The number of carbonyl (C=O) groups excluding carboxylic acids is 12. The topological polar surface area (TPSA) is 337 Å². The van der Waals surface area contributed by atoms with E-state index in [1.807, 2.05) is 113 Å². The van der Waals surface area contributed by atoms with E-state index in [1.54, 1.807) is 45.0 Å². The molecule has 2 fully saturated rings. The third kappa shape index (κ3) is 26.2. The number of rotatable bonds is 15. The number of aromatic nitrogens is 2. The van der Waals surface area contributed by atoms with E-state index in [9.17, 15) is 52.7 Å². The number of halogens is 1. The summed E-state index contributed by atoms with van der Waals surface area (Å²) >= 11 is 6.45. The molecule has 0 aliphatic carbocycles. The number of aromatic amines is 2. The number of para-hydroxylation sites is 2. The fraction of sp³-hybridized carbons (Fsp3) is 0.524. The van der Waals surface area contributed by atoms with Crippen LogP contribution in [0.1, 0.15) is 141 Å². The Hall–Kier alpha value is -10.2. The van der Waals surface area contributed by atoms with Gasteiger partial charge in [-0.05, 0) is 144 Å². The van der Waals surface area contributed by atoms with Crippen molar-refractivity contribution in [3.63, 3.8) is 0 Å². The van der Waals surface area contributed by atoms with Crippen LogP contribution in [0, 0.1) is 11.8 Å². The number of nitrogens with one attached hydrogen (secondary N) is 8. The Morgan fingerprint density at radius 2 is 1.24 bits per heavy atom. The standard InChI is InChI=1S/C84H115ClN14O13/c1-12-14-27-70-79(107)89-48-60(42-58-46-86-68-28-18-16-25-66(58)68)78(106)92-62(40-56-31-33-65(34-32-56)112-84(5,6)7)45-74(103)95(9)52-75(104)94(8)50-54(3)81(109)97(11)71(41-57-23-22-24-61(85)39-57)82(110)96(10)53-76(105)99(36-13-2)51-73(102)93-77(83(111)98-37-20-15-21-38-98)80(108)90-55(4)30-35-72(101)91-63(44-64(100)49-88-70)43-59-47-87-69-29-19-17-26-67(59)69/h16-19,22-26,28-29,31-34,39,46-47,54-55,60,62-63,70-71,77,86-88H,12-15,20-21,27,30,35-38,40-45,48-53H2,1-11H3,(H,89,107)(H,90,108)(H,91,101)(H,92,106)(H,93,102)/t54-,55+,60-,62-,63+,70+,71?,77+/m1/s1. The maximum Gasteiger partial charge on any atom is 0.254 e. The highest BCUT2D eigenvalue weighted by Gasteiger charge is 2.38. The molecule has 4 aromatic carbocycles. The first-order valence-corrected chi connectivity index (χ1v) is 39.7. The second kappa shape index (κ2) is 41.9. The molecule has 0 bridgehead atoms. The highest BCUT2D eigenvalue weighted by atomic mass is 35.5. The Bertz CT molecular complexity index is 4240. The van der Waals surface area contributed by atoms with Crippen molar-refractivity contribution in [2.45, 2.75) is 187 Å². The zero-order valence-corrected chi connectivity index (χ0v) is 67.6. The van der Waals surface area contributed by atoms with Crippen molar-refractivity contribution in [2.24, 2.45) is 11.8 Å². The quantitative estimate of drug-likeness (QED) is 0.0489. The summed E-state index contributed by atoms with van der Waals surface area (Å²) in [5.74, 6) is -7.98. The van der Waals surface area contributed by atoms with Crippen LogP contribution >= 0.6 is 11.6 Å². The predicted octanol–water partition coefficient (Wildman–Crippen LogP) is 6.82. The Morgan fingerprint density at radius 3 is 1.88 bits per heavy atom. The molecule has 27 nitrogen and oxygen atoms in total. The van der Waals surface area contributed by atoms with Crippen LogP contribution in [0.25, 0.3) is 21.8 Å². The number of ether oxygens (including phenoxy) is 1.